The Morgan fingerprint density at radius 3 is 1.21 bits per heavy atom. The van der Waals surface area contributed by atoms with Gasteiger partial charge in [-0.25, -0.2) is 0 Å². The number of hydrogen-bond donors (Lipinski definition) is 5. The Bertz CT molecular complexity index is 2330. The molecule has 7 N–H and O–H groups in total. The van der Waals surface area contributed by atoms with E-state index in [0.29, 0.717) is 0 Å². The van der Waals surface area contributed by atoms with Gasteiger partial charge in [0.15, 0.2) is 0 Å². The Hall–Kier alpha value is -6.17. The maximum atomic E-state index is 15.2. The van der Waals surface area contributed by atoms with E-state index in [0.717, 1.165) is 9.80 Å². The highest BCUT2D eigenvalue weighted by atomic mass is 16.3. The van der Waals surface area contributed by atoms with Crippen molar-refractivity contribution in [3.8, 4) is 0 Å². The van der Waals surface area contributed by atoms with Gasteiger partial charge in [0.05, 0.1) is 12.6 Å². The summed E-state index contributed by atoms with van der Waals surface area (Å²) in [6, 6.07) is -12.3. The molecule has 0 aromatic heterocycles. The van der Waals surface area contributed by atoms with Crippen molar-refractivity contribution in [3.63, 3.8) is 0 Å². The van der Waals surface area contributed by atoms with Gasteiger partial charge in [0, 0.05) is 55.3 Å². The molecular weight excluding hydrogens is 1110 g/mol. The van der Waals surface area contributed by atoms with Gasteiger partial charge in [-0.1, -0.05) is 109 Å². The van der Waals surface area contributed by atoms with Gasteiger partial charge in [-0.05, 0) is 94.8 Å². The topological polar surface area (TPSA) is 310 Å². The van der Waals surface area contributed by atoms with Gasteiger partial charge >= 0.3 is 0 Å². The third-order valence-corrected chi connectivity index (χ3v) is 15.9. The van der Waals surface area contributed by atoms with Crippen LogP contribution in [0.4, 0.5) is 0 Å². The van der Waals surface area contributed by atoms with Gasteiger partial charge < -0.3 is 66.1 Å². The lowest BCUT2D eigenvalue weighted by Crippen LogP contribution is -2.63. The lowest BCUT2D eigenvalue weighted by Gasteiger charge is -2.41. The van der Waals surface area contributed by atoms with Crippen LogP contribution in [0.2, 0.25) is 0 Å². The Morgan fingerprint density at radius 2 is 0.814 bits per heavy atom. The fraction of sp³-hybridized carbons (Fsp3) is 0.790. The molecule has 0 bridgehead atoms. The molecular formula is C62H113N11O13. The van der Waals surface area contributed by atoms with E-state index in [4.69, 9.17) is 0 Å². The summed E-state index contributed by atoms with van der Waals surface area (Å²) < 4.78 is 0. The van der Waals surface area contributed by atoms with Gasteiger partial charge in [0.1, 0.15) is 60.4 Å². The number of amides is 11. The number of likely N-dealkylation sites (N-methyl/N-ethyl adjacent to an activating group) is 7. The fourth-order valence-corrected chi connectivity index (χ4v) is 10.6. The molecule has 0 radical (unpaired) electrons. The van der Waals surface area contributed by atoms with Crippen LogP contribution in [0.15, 0.2) is 12.2 Å². The van der Waals surface area contributed by atoms with E-state index in [2.05, 4.69) is 21.3 Å². The highest BCUT2D eigenvalue weighted by Crippen LogP contribution is 2.25. The Morgan fingerprint density at radius 1 is 0.453 bits per heavy atom. The molecule has 0 saturated carbocycles. The molecule has 2 unspecified atom stereocenters. The van der Waals surface area contributed by atoms with Gasteiger partial charge in [0.25, 0.3) is 0 Å². The van der Waals surface area contributed by atoms with Crippen LogP contribution in [-0.2, 0) is 52.7 Å². The SMILES string of the molecule is C/C=C\[C@@H](C)C(O)C1C(=O)N[C@@H](CC)C(=O)N(C)CC(=O)N(C)[C@@H](CC(C)C)C(=O)N[C@@H](C(C)C)C(=O)N(C)[C@H](CC(C)C)C(=O)N[C@H](C)C(=O)N[C@H](C)C(=O)N(C)[C@@H](CC(C)C)C(=O)N(C)[C@@H](CC(C)C)C(=O)N(C)[C@@H](CC(C)C)C(=O)N1C.O. The number of aliphatic hydroxyl groups is 1. The van der Waals surface area contributed by atoms with Crippen LogP contribution in [0.1, 0.15) is 156 Å². The number of aliphatic hydroxyl groups excluding tert-OH is 1. The average Bonchev–Trinajstić information content (AvgIpc) is 2.55. The zero-order valence-corrected chi connectivity index (χ0v) is 56.6. The van der Waals surface area contributed by atoms with E-state index in [1.807, 2.05) is 69.2 Å². The van der Waals surface area contributed by atoms with Crippen LogP contribution in [-0.4, -0.2) is 232 Å². The van der Waals surface area contributed by atoms with E-state index in [9.17, 15) is 48.3 Å². The number of allylic oxidation sites excluding steroid dienone is 1. The highest BCUT2D eigenvalue weighted by molar-refractivity contribution is 5.99. The second-order valence-corrected chi connectivity index (χ2v) is 26.2. The predicted molar refractivity (Wildman–Crippen MR) is 332 cm³/mol. The van der Waals surface area contributed by atoms with E-state index in [-0.39, 0.29) is 73.6 Å². The fourth-order valence-electron chi connectivity index (χ4n) is 10.6. The second kappa shape index (κ2) is 36.2. The number of rotatable bonds is 15. The molecule has 0 aliphatic carbocycles. The first-order chi connectivity index (χ1) is 39.2. The van der Waals surface area contributed by atoms with Crippen molar-refractivity contribution in [2.24, 2.45) is 41.4 Å². The van der Waals surface area contributed by atoms with Crippen LogP contribution in [0.25, 0.3) is 0 Å². The zero-order chi connectivity index (χ0) is 66.0. The molecule has 24 heteroatoms. The first-order valence-electron chi connectivity index (χ1n) is 30.6. The summed E-state index contributed by atoms with van der Waals surface area (Å²) >= 11 is 0. The molecule has 12 atom stereocenters. The molecule has 1 rings (SSSR count). The number of nitrogens with one attached hydrogen (secondary N) is 4. The average molecular weight is 1220 g/mol. The van der Waals surface area contributed by atoms with Crippen LogP contribution in [0.3, 0.4) is 0 Å². The van der Waals surface area contributed by atoms with E-state index in [1.165, 1.54) is 87.7 Å². The highest BCUT2D eigenvalue weighted by Gasteiger charge is 2.45. The molecule has 0 aromatic carbocycles. The molecule has 0 aromatic rings. The molecule has 0 spiro atoms. The van der Waals surface area contributed by atoms with Crippen molar-refractivity contribution in [1.29, 1.82) is 0 Å². The minimum absolute atomic E-state index is 0. The van der Waals surface area contributed by atoms with Crippen molar-refractivity contribution in [3.05, 3.63) is 12.2 Å². The van der Waals surface area contributed by atoms with E-state index in [1.54, 1.807) is 46.8 Å². The number of nitrogens with zero attached hydrogens (tertiary/aromatic N) is 7. The van der Waals surface area contributed by atoms with Gasteiger partial charge in [-0.2, -0.15) is 0 Å². The van der Waals surface area contributed by atoms with Crippen molar-refractivity contribution in [2.75, 3.05) is 55.9 Å². The molecule has 1 heterocycles. The standard InChI is InChI=1S/C62H111N11O12.H2O/c1-25-27-40(15)52(75)51-56(79)65-43(26-2)58(81)67(18)33-49(74)68(19)44(28-34(3)4)55(78)66-50(39(13)14)62(85)69(20)45(29-35(5)6)54(77)63-41(16)53(76)64-42(17)57(80)70(21)46(30-36(7)8)59(82)71(22)47(31-37(9)10)60(83)72(23)48(32-38(11)12)61(84)73(51)24;/h25,27,34-48,50-52,75H,26,28-33H2,1-24H3,(H,63,77)(H,64,76)(H,65,79)(H,66,78);1H2/b27-25-;/t40-,41-,42-,43+,44+,45-,46+,47+,48+,50+,51?,52?;/m1./s1. The molecule has 1 aliphatic rings. The van der Waals surface area contributed by atoms with E-state index < -0.39 is 150 Å². The van der Waals surface area contributed by atoms with Crippen molar-refractivity contribution in [1.82, 2.24) is 55.6 Å². The Balaban J connectivity index is 0.0000722. The molecule has 1 saturated heterocycles. The van der Waals surface area contributed by atoms with Crippen molar-refractivity contribution in [2.45, 2.75) is 223 Å². The summed E-state index contributed by atoms with van der Waals surface area (Å²) in [6.07, 6.45) is 2.55. The predicted octanol–water partition coefficient (Wildman–Crippen LogP) is 2.44. The number of hydrogen-bond acceptors (Lipinski definition) is 12. The molecule has 1 fully saturated rings. The van der Waals surface area contributed by atoms with Gasteiger partial charge in [-0.15, -0.1) is 0 Å². The number of carbonyl (C=O) groups is 11. The third kappa shape index (κ3) is 22.5. The summed E-state index contributed by atoms with van der Waals surface area (Å²) in [5, 5.41) is 23.0. The Labute approximate surface area is 514 Å². The normalized spacial score (nSPS) is 26.6. The Kier molecular flexibility index (Phi) is 33.6. The molecule has 1 aliphatic heterocycles. The van der Waals surface area contributed by atoms with E-state index >= 15 is 9.59 Å². The first kappa shape index (κ1) is 79.8. The second-order valence-electron chi connectivity index (χ2n) is 26.2. The summed E-state index contributed by atoms with van der Waals surface area (Å²) in [5.41, 5.74) is 0. The minimum atomic E-state index is -1.62. The van der Waals surface area contributed by atoms with Crippen LogP contribution in [0.5, 0.6) is 0 Å². The van der Waals surface area contributed by atoms with Gasteiger partial charge in [0.2, 0.25) is 65.0 Å². The third-order valence-electron chi connectivity index (χ3n) is 15.9. The smallest absolute Gasteiger partial charge is 0.246 e. The maximum Gasteiger partial charge on any atom is 0.246 e. The zero-order valence-electron chi connectivity index (χ0n) is 56.6. The summed E-state index contributed by atoms with van der Waals surface area (Å²) in [7, 11) is 9.93. The lowest BCUT2D eigenvalue weighted by molar-refractivity contribution is -0.156. The molecule has 494 valence electrons. The maximum absolute atomic E-state index is 15.2. The van der Waals surface area contributed by atoms with Crippen molar-refractivity contribution < 1.29 is 63.3 Å². The quantitative estimate of drug-likeness (QED) is 0.148. The lowest BCUT2D eigenvalue weighted by atomic mass is 9.93. The summed E-state index contributed by atoms with van der Waals surface area (Å²) in [6.45, 7) is 29.5. The molecule has 86 heavy (non-hydrogen) atoms. The molecule has 24 nitrogen and oxygen atoms in total. The van der Waals surface area contributed by atoms with Crippen LogP contribution in [0, 0.1) is 41.4 Å². The summed E-state index contributed by atoms with van der Waals surface area (Å²) in [4.78, 5) is 169. The van der Waals surface area contributed by atoms with Crippen LogP contribution < -0.4 is 21.3 Å². The first-order valence-corrected chi connectivity index (χ1v) is 30.6. The monoisotopic (exact) mass is 1220 g/mol. The van der Waals surface area contributed by atoms with Gasteiger partial charge in [-0.3, -0.25) is 52.7 Å². The number of carbonyl (C=O) groups excluding carboxylic acids is 11. The molecule has 11 amide bonds. The van der Waals surface area contributed by atoms with Crippen LogP contribution >= 0.6 is 0 Å². The van der Waals surface area contributed by atoms with Crippen molar-refractivity contribution >= 4 is 65.0 Å². The largest absolute Gasteiger partial charge is 0.412 e. The summed E-state index contributed by atoms with van der Waals surface area (Å²) in [5.74, 6) is -9.41. The minimum Gasteiger partial charge on any atom is -0.412 e.